The lowest BCUT2D eigenvalue weighted by Gasteiger charge is -2.30. The predicted molar refractivity (Wildman–Crippen MR) is 120 cm³/mol. The second-order valence-corrected chi connectivity index (χ2v) is 8.09. The Morgan fingerprint density at radius 2 is 1.25 bits per heavy atom. The standard InChI is InChI=1S/C26H24F6O4/c1-19(9-8-14-20-10-4-2-5-11-20)15-24(16-21-12-6-3-7-13-21,22(33)35-17-25(27,28)29)23(34)36-18-26(30,31)32/h2-14H,15-18H2,1H3/b14-8+,19-9+. The van der Waals surface area contributed by atoms with E-state index in [2.05, 4.69) is 9.47 Å². The number of hydrogen-bond acceptors (Lipinski definition) is 4. The lowest BCUT2D eigenvalue weighted by molar-refractivity contribution is -0.206. The Labute approximate surface area is 204 Å². The van der Waals surface area contributed by atoms with Gasteiger partial charge in [0.25, 0.3) is 0 Å². The molecule has 36 heavy (non-hydrogen) atoms. The highest BCUT2D eigenvalue weighted by molar-refractivity contribution is 6.00. The molecule has 0 radical (unpaired) electrons. The van der Waals surface area contributed by atoms with Gasteiger partial charge in [-0.1, -0.05) is 84.5 Å². The number of carbonyl (C=O) groups is 2. The summed E-state index contributed by atoms with van der Waals surface area (Å²) in [6, 6.07) is 16.7. The number of ether oxygens (including phenoxy) is 2. The highest BCUT2D eigenvalue weighted by Gasteiger charge is 2.51. The average molecular weight is 514 g/mol. The summed E-state index contributed by atoms with van der Waals surface area (Å²) >= 11 is 0. The van der Waals surface area contributed by atoms with Crippen LogP contribution in [-0.2, 0) is 25.5 Å². The minimum Gasteiger partial charge on any atom is -0.455 e. The summed E-state index contributed by atoms with van der Waals surface area (Å²) in [5.41, 5.74) is -1.02. The van der Waals surface area contributed by atoms with Crippen molar-refractivity contribution in [3.05, 3.63) is 89.5 Å². The van der Waals surface area contributed by atoms with Crippen LogP contribution in [0, 0.1) is 5.41 Å². The molecule has 0 heterocycles. The topological polar surface area (TPSA) is 52.6 Å². The van der Waals surface area contributed by atoms with Crippen LogP contribution in [0.4, 0.5) is 26.3 Å². The quantitative estimate of drug-likeness (QED) is 0.158. The number of benzene rings is 2. The van der Waals surface area contributed by atoms with Gasteiger partial charge in [-0.05, 0) is 30.9 Å². The molecule has 0 fully saturated rings. The largest absolute Gasteiger partial charge is 0.455 e. The van der Waals surface area contributed by atoms with Crippen molar-refractivity contribution in [3.8, 4) is 0 Å². The Bertz CT molecular complexity index is 1030. The van der Waals surface area contributed by atoms with Crippen molar-refractivity contribution in [2.45, 2.75) is 32.1 Å². The van der Waals surface area contributed by atoms with Crippen molar-refractivity contribution >= 4 is 18.0 Å². The number of allylic oxidation sites excluding steroid dienone is 3. The normalized spacial score (nSPS) is 13.0. The molecule has 0 saturated heterocycles. The van der Waals surface area contributed by atoms with Gasteiger partial charge in [-0.3, -0.25) is 9.59 Å². The minimum atomic E-state index is -4.91. The first-order valence-corrected chi connectivity index (χ1v) is 10.7. The van der Waals surface area contributed by atoms with Gasteiger partial charge in [0.1, 0.15) is 0 Å². The Morgan fingerprint density at radius 1 is 0.778 bits per heavy atom. The van der Waals surface area contributed by atoms with Gasteiger partial charge >= 0.3 is 24.3 Å². The molecule has 0 bridgehead atoms. The SMILES string of the molecule is C/C(=C\C=C\c1ccccc1)CC(Cc1ccccc1)(C(=O)OCC(F)(F)F)C(=O)OCC(F)(F)F. The molecular weight excluding hydrogens is 490 g/mol. The Balaban J connectivity index is 2.46. The van der Waals surface area contributed by atoms with E-state index in [0.717, 1.165) is 5.56 Å². The molecule has 2 aromatic carbocycles. The van der Waals surface area contributed by atoms with E-state index in [4.69, 9.17) is 0 Å². The fourth-order valence-corrected chi connectivity index (χ4v) is 3.37. The van der Waals surface area contributed by atoms with Crippen LogP contribution in [0.15, 0.2) is 78.4 Å². The molecule has 0 N–H and O–H groups in total. The van der Waals surface area contributed by atoms with E-state index >= 15 is 0 Å². The van der Waals surface area contributed by atoms with Gasteiger partial charge in [-0.15, -0.1) is 0 Å². The molecule has 0 saturated carbocycles. The number of esters is 2. The molecule has 0 aliphatic carbocycles. The van der Waals surface area contributed by atoms with E-state index in [9.17, 15) is 35.9 Å². The molecular formula is C26H24F6O4. The zero-order valence-electron chi connectivity index (χ0n) is 19.2. The zero-order chi connectivity index (χ0) is 26.8. The fourth-order valence-electron chi connectivity index (χ4n) is 3.37. The highest BCUT2D eigenvalue weighted by Crippen LogP contribution is 2.36. The Kier molecular flexibility index (Phi) is 9.89. The van der Waals surface area contributed by atoms with Crippen molar-refractivity contribution < 1.29 is 45.4 Å². The molecule has 2 rings (SSSR count). The van der Waals surface area contributed by atoms with Crippen LogP contribution < -0.4 is 0 Å². The predicted octanol–water partition coefficient (Wildman–Crippen LogP) is 6.48. The molecule has 0 aromatic heterocycles. The van der Waals surface area contributed by atoms with Crippen LogP contribution in [0.5, 0.6) is 0 Å². The lowest BCUT2D eigenvalue weighted by atomic mass is 9.76. The summed E-state index contributed by atoms with van der Waals surface area (Å²) in [4.78, 5) is 25.9. The summed E-state index contributed by atoms with van der Waals surface area (Å²) < 4.78 is 85.3. The van der Waals surface area contributed by atoms with Crippen LogP contribution in [0.1, 0.15) is 24.5 Å². The zero-order valence-corrected chi connectivity index (χ0v) is 19.2. The van der Waals surface area contributed by atoms with Gasteiger partial charge in [0.05, 0.1) is 0 Å². The number of alkyl halides is 6. The number of halogens is 6. The second kappa shape index (κ2) is 12.4. The first-order chi connectivity index (χ1) is 16.8. The fraction of sp³-hybridized carbons (Fsp3) is 0.308. The molecule has 194 valence electrons. The first kappa shape index (κ1) is 28.7. The van der Waals surface area contributed by atoms with Gasteiger partial charge in [-0.2, -0.15) is 26.3 Å². The van der Waals surface area contributed by atoms with Crippen LogP contribution >= 0.6 is 0 Å². The van der Waals surface area contributed by atoms with Crippen LogP contribution in [-0.4, -0.2) is 37.5 Å². The Hall–Kier alpha value is -3.56. The van der Waals surface area contributed by atoms with Crippen molar-refractivity contribution in [1.29, 1.82) is 0 Å². The smallest absolute Gasteiger partial charge is 0.422 e. The average Bonchev–Trinajstić information content (AvgIpc) is 2.81. The van der Waals surface area contributed by atoms with Crippen LogP contribution in [0.2, 0.25) is 0 Å². The third-order valence-corrected chi connectivity index (χ3v) is 4.91. The van der Waals surface area contributed by atoms with Gasteiger partial charge in [0.15, 0.2) is 18.6 Å². The summed E-state index contributed by atoms with van der Waals surface area (Å²) in [6.45, 7) is -2.53. The van der Waals surface area contributed by atoms with Crippen molar-refractivity contribution in [2.24, 2.45) is 5.41 Å². The van der Waals surface area contributed by atoms with E-state index < -0.39 is 55.8 Å². The Morgan fingerprint density at radius 3 is 1.72 bits per heavy atom. The summed E-state index contributed by atoms with van der Waals surface area (Å²) in [6.07, 6.45) is -6.10. The van der Waals surface area contributed by atoms with Gasteiger partial charge in [-0.25, -0.2) is 0 Å². The molecule has 0 atom stereocenters. The summed E-state index contributed by atoms with van der Waals surface area (Å²) in [5, 5.41) is 0. The van der Waals surface area contributed by atoms with Gasteiger partial charge in [0.2, 0.25) is 0 Å². The summed E-state index contributed by atoms with van der Waals surface area (Å²) in [5.74, 6) is -3.26. The second-order valence-electron chi connectivity index (χ2n) is 8.09. The molecule has 4 nitrogen and oxygen atoms in total. The number of carbonyl (C=O) groups excluding carboxylic acids is 2. The van der Waals surface area contributed by atoms with Gasteiger partial charge in [0, 0.05) is 0 Å². The lowest BCUT2D eigenvalue weighted by Crippen LogP contribution is -2.46. The first-order valence-electron chi connectivity index (χ1n) is 10.7. The molecule has 0 spiro atoms. The molecule has 0 unspecified atom stereocenters. The van der Waals surface area contributed by atoms with E-state index in [0.29, 0.717) is 11.1 Å². The summed E-state index contributed by atoms with van der Waals surface area (Å²) in [7, 11) is 0. The molecule has 2 aromatic rings. The highest BCUT2D eigenvalue weighted by atomic mass is 19.4. The molecule has 0 aliphatic rings. The monoisotopic (exact) mass is 514 g/mol. The van der Waals surface area contributed by atoms with Crippen LogP contribution in [0.25, 0.3) is 6.08 Å². The maximum Gasteiger partial charge on any atom is 0.422 e. The molecule has 0 amide bonds. The van der Waals surface area contributed by atoms with Crippen molar-refractivity contribution in [3.63, 3.8) is 0 Å². The third-order valence-electron chi connectivity index (χ3n) is 4.91. The van der Waals surface area contributed by atoms with Gasteiger partial charge < -0.3 is 9.47 Å². The number of rotatable bonds is 10. The third kappa shape index (κ3) is 9.59. The van der Waals surface area contributed by atoms with Crippen LogP contribution in [0.3, 0.4) is 0 Å². The number of hydrogen-bond donors (Lipinski definition) is 0. The maximum atomic E-state index is 13.0. The molecule has 0 aliphatic heterocycles. The minimum absolute atomic E-state index is 0.318. The van der Waals surface area contributed by atoms with E-state index in [-0.39, 0.29) is 0 Å². The van der Waals surface area contributed by atoms with E-state index in [1.807, 2.05) is 18.2 Å². The van der Waals surface area contributed by atoms with E-state index in [1.54, 1.807) is 42.5 Å². The van der Waals surface area contributed by atoms with Crippen molar-refractivity contribution in [2.75, 3.05) is 13.2 Å². The molecule has 10 heteroatoms. The maximum absolute atomic E-state index is 13.0. The van der Waals surface area contributed by atoms with Crippen molar-refractivity contribution in [1.82, 2.24) is 0 Å². The van der Waals surface area contributed by atoms with E-state index in [1.165, 1.54) is 25.1 Å².